The molecule has 0 N–H and O–H groups in total. The van der Waals surface area contributed by atoms with Crippen molar-refractivity contribution in [2.24, 2.45) is 0 Å². The van der Waals surface area contributed by atoms with Crippen molar-refractivity contribution in [1.29, 1.82) is 0 Å². The second kappa shape index (κ2) is 3.69. The Hall–Kier alpha value is 0.276. The molecule has 0 unspecified atom stereocenters. The molecule has 0 atom stereocenters. The molecule has 8 heteroatoms. The van der Waals surface area contributed by atoms with Crippen LogP contribution in [-0.4, -0.2) is 23.1 Å². The molecule has 0 bridgehead atoms. The molecule has 0 fully saturated rings. The predicted molar refractivity (Wildman–Crippen MR) is 42.4 cm³/mol. The van der Waals surface area contributed by atoms with Crippen molar-refractivity contribution in [2.45, 2.75) is 4.90 Å². The molecular formula is C6H4ClF5MgS. The van der Waals surface area contributed by atoms with Crippen molar-refractivity contribution in [1.82, 2.24) is 0 Å². The molecule has 14 heavy (non-hydrogen) atoms. The van der Waals surface area contributed by atoms with E-state index in [0.717, 1.165) is 12.1 Å². The average molecular weight is 263 g/mol. The predicted octanol–water partition coefficient (Wildman–Crippen LogP) is 0.767. The summed E-state index contributed by atoms with van der Waals surface area (Å²) in [5, 5.41) is 0. The van der Waals surface area contributed by atoms with Crippen LogP contribution in [0.4, 0.5) is 19.4 Å². The molecule has 78 valence electrons. The molecular weight excluding hydrogens is 259 g/mol. The summed E-state index contributed by atoms with van der Waals surface area (Å²) >= 11 is 0. The van der Waals surface area contributed by atoms with Crippen molar-refractivity contribution < 1.29 is 31.8 Å². The molecule has 0 nitrogen and oxygen atoms in total. The summed E-state index contributed by atoms with van der Waals surface area (Å²) in [5.41, 5.74) is 0. The summed E-state index contributed by atoms with van der Waals surface area (Å²) in [6.45, 7) is 0. The maximum atomic E-state index is 11.9. The largest absolute Gasteiger partial charge is 2.00 e. The van der Waals surface area contributed by atoms with Crippen molar-refractivity contribution in [3.8, 4) is 0 Å². The van der Waals surface area contributed by atoms with E-state index in [1.165, 1.54) is 0 Å². The van der Waals surface area contributed by atoms with Crippen LogP contribution in [0.25, 0.3) is 0 Å². The van der Waals surface area contributed by atoms with E-state index in [2.05, 4.69) is 6.07 Å². The molecule has 0 saturated carbocycles. The summed E-state index contributed by atoms with van der Waals surface area (Å²) in [6.07, 6.45) is 0. The van der Waals surface area contributed by atoms with Crippen molar-refractivity contribution in [3.63, 3.8) is 0 Å². The van der Waals surface area contributed by atoms with Gasteiger partial charge in [0.2, 0.25) is 0 Å². The van der Waals surface area contributed by atoms with Gasteiger partial charge in [-0.25, -0.2) is 0 Å². The molecule has 1 rings (SSSR count). The van der Waals surface area contributed by atoms with E-state index in [9.17, 15) is 19.4 Å². The van der Waals surface area contributed by atoms with Crippen LogP contribution in [0.1, 0.15) is 0 Å². The second-order valence-corrected chi connectivity index (χ2v) is 4.61. The van der Waals surface area contributed by atoms with Crippen molar-refractivity contribution >= 4 is 33.3 Å². The third-order valence-corrected chi connectivity index (χ3v) is 2.30. The van der Waals surface area contributed by atoms with E-state index in [1.54, 1.807) is 0 Å². The monoisotopic (exact) mass is 262 g/mol. The topological polar surface area (TPSA) is 0 Å². The standard InChI is InChI=1S/C6H4F5S.ClH.Mg/c7-12(8,9,10,11)6-4-2-1-3-5-6;;/h2-5H;1H;/q-1;;+2/p-1. The fourth-order valence-corrected chi connectivity index (χ4v) is 1.28. The molecule has 0 spiro atoms. The quantitative estimate of drug-likeness (QED) is 0.399. The smallest absolute Gasteiger partial charge is 1.00 e. The zero-order valence-corrected chi connectivity index (χ0v) is 9.68. The molecule has 0 aliphatic heterocycles. The van der Waals surface area contributed by atoms with Gasteiger partial charge in [0, 0.05) is 0 Å². The van der Waals surface area contributed by atoms with E-state index >= 15 is 0 Å². The molecule has 0 aromatic heterocycles. The van der Waals surface area contributed by atoms with Crippen LogP contribution < -0.4 is 12.4 Å². The minimum absolute atomic E-state index is 0. The summed E-state index contributed by atoms with van der Waals surface area (Å²) in [4.78, 5) is -1.88. The third-order valence-electron chi connectivity index (χ3n) is 1.13. The summed E-state index contributed by atoms with van der Waals surface area (Å²) in [5.74, 6) is 0. The molecule has 0 heterocycles. The Kier molecular flexibility index (Phi) is 4.40. The molecule has 0 aliphatic carbocycles. The van der Waals surface area contributed by atoms with Gasteiger partial charge >= 0.3 is 23.1 Å². The van der Waals surface area contributed by atoms with E-state index < -0.39 is 15.1 Å². The first-order valence-electron chi connectivity index (χ1n) is 2.80. The number of hydrogen-bond donors (Lipinski definition) is 0. The fourth-order valence-electron chi connectivity index (χ4n) is 0.629. The molecule has 0 aliphatic rings. The van der Waals surface area contributed by atoms with Crippen LogP contribution in [0.5, 0.6) is 0 Å². The fraction of sp³-hybridized carbons (Fsp3) is 0. The van der Waals surface area contributed by atoms with Crippen LogP contribution in [-0.2, 0) is 0 Å². The van der Waals surface area contributed by atoms with E-state index in [4.69, 9.17) is 0 Å². The number of rotatable bonds is 1. The van der Waals surface area contributed by atoms with E-state index in [-0.39, 0.29) is 35.5 Å². The summed E-state index contributed by atoms with van der Waals surface area (Å²) in [6, 6.07) is 4.44. The Labute approximate surface area is 100 Å². The SMILES string of the molecule is FS(F)(F)(F)(F)c1cc[c-]cc1.[Cl-].[Mg+2]. The summed E-state index contributed by atoms with van der Waals surface area (Å²) in [7, 11) is -9.45. The van der Waals surface area contributed by atoms with Crippen LogP contribution in [0.3, 0.4) is 0 Å². The zero-order chi connectivity index (χ0) is 9.52. The molecule has 0 radical (unpaired) electrons. The van der Waals surface area contributed by atoms with Gasteiger partial charge in [-0.1, -0.05) is 19.4 Å². The molecule has 0 amide bonds. The minimum atomic E-state index is -9.45. The van der Waals surface area contributed by atoms with Gasteiger partial charge in [-0.05, 0) is 4.90 Å². The van der Waals surface area contributed by atoms with Gasteiger partial charge < -0.3 is 12.4 Å². The number of hydrogen-bond acceptors (Lipinski definition) is 0. The molecule has 0 saturated heterocycles. The van der Waals surface area contributed by atoms with E-state index in [0.29, 0.717) is 12.1 Å². The first-order chi connectivity index (χ1) is 5.09. The average Bonchev–Trinajstić information content (AvgIpc) is 1.85. The Morgan fingerprint density at radius 1 is 0.929 bits per heavy atom. The Balaban J connectivity index is 0. The Morgan fingerprint density at radius 2 is 1.29 bits per heavy atom. The van der Waals surface area contributed by atoms with Crippen LogP contribution in [0.15, 0.2) is 29.2 Å². The van der Waals surface area contributed by atoms with Gasteiger partial charge in [-0.2, -0.15) is 18.2 Å². The Bertz CT molecular complexity index is 295. The van der Waals surface area contributed by atoms with Crippen molar-refractivity contribution in [2.75, 3.05) is 0 Å². The van der Waals surface area contributed by atoms with Gasteiger partial charge in [0.25, 0.3) is 10.2 Å². The van der Waals surface area contributed by atoms with E-state index in [1.807, 2.05) is 0 Å². The number of halogens is 6. The Morgan fingerprint density at radius 3 is 1.50 bits per heavy atom. The van der Waals surface area contributed by atoms with Crippen LogP contribution in [0, 0.1) is 6.07 Å². The molecule has 1 aromatic carbocycles. The second-order valence-electron chi connectivity index (χ2n) is 2.20. The minimum Gasteiger partial charge on any atom is -1.00 e. The normalized spacial score (nSPS) is 15.5. The third kappa shape index (κ3) is 4.67. The van der Waals surface area contributed by atoms with Gasteiger partial charge in [0.15, 0.2) is 0 Å². The van der Waals surface area contributed by atoms with Gasteiger partial charge in [-0.15, -0.1) is 12.1 Å². The molecule has 1 aromatic rings. The first kappa shape index (κ1) is 16.7. The van der Waals surface area contributed by atoms with Crippen LogP contribution in [0.2, 0.25) is 0 Å². The van der Waals surface area contributed by atoms with Crippen LogP contribution >= 0.6 is 10.2 Å². The van der Waals surface area contributed by atoms with Gasteiger partial charge in [0.1, 0.15) is 0 Å². The maximum absolute atomic E-state index is 11.9. The maximum Gasteiger partial charge on any atom is 2.00 e. The number of benzene rings is 1. The van der Waals surface area contributed by atoms with Gasteiger partial charge in [0.05, 0.1) is 0 Å². The first-order valence-corrected chi connectivity index (χ1v) is 4.75. The summed E-state index contributed by atoms with van der Waals surface area (Å²) < 4.78 is 59.7. The van der Waals surface area contributed by atoms with Crippen molar-refractivity contribution in [3.05, 3.63) is 30.3 Å². The zero-order valence-electron chi connectivity index (χ0n) is 6.69. The van der Waals surface area contributed by atoms with Gasteiger partial charge in [-0.3, -0.25) is 0 Å².